The van der Waals surface area contributed by atoms with Crippen molar-refractivity contribution in [1.82, 2.24) is 4.98 Å². The number of hydrogen-bond acceptors (Lipinski definition) is 3. The monoisotopic (exact) mass is 321 g/mol. The van der Waals surface area contributed by atoms with Crippen LogP contribution in [-0.4, -0.2) is 16.1 Å². The number of carboxylic acids is 1. The van der Waals surface area contributed by atoms with Gasteiger partial charge in [-0.3, -0.25) is 4.98 Å². The lowest BCUT2D eigenvalue weighted by molar-refractivity contribution is 0.0696. The topological polar surface area (TPSA) is 59.4 Å². The molecule has 5 heteroatoms. The highest BCUT2D eigenvalue weighted by Crippen LogP contribution is 2.21. The maximum absolute atomic E-state index is 10.9. The summed E-state index contributed by atoms with van der Waals surface area (Å²) in [7, 11) is 0. The zero-order valence-corrected chi connectivity index (χ0v) is 11.8. The molecule has 1 aromatic carbocycles. The lowest BCUT2D eigenvalue weighted by Crippen LogP contribution is -2.02. The molecule has 0 saturated heterocycles. The fraction of sp³-hybridized carbons (Fsp3) is 0.143. The first-order valence-electron chi connectivity index (χ1n) is 5.63. The van der Waals surface area contributed by atoms with Gasteiger partial charge in [-0.15, -0.1) is 0 Å². The quantitative estimate of drug-likeness (QED) is 0.937. The molecule has 2 rings (SSSR count). The molecule has 0 fully saturated rings. The highest BCUT2D eigenvalue weighted by Gasteiger charge is 2.07. The molecule has 0 radical (unpaired) electrons. The number of pyridine rings is 1. The van der Waals surface area contributed by atoms with Crippen LogP contribution in [0, 0.1) is 6.92 Å². The predicted octanol–water partition coefficient (Wildman–Crippen LogP) is 3.43. The van der Waals surface area contributed by atoms with Crippen LogP contribution >= 0.6 is 15.9 Å². The summed E-state index contributed by atoms with van der Waals surface area (Å²) in [5, 5.41) is 8.94. The fourth-order valence-electron chi connectivity index (χ4n) is 1.53. The molecule has 0 aliphatic heterocycles. The van der Waals surface area contributed by atoms with Crippen LogP contribution in [-0.2, 0) is 6.61 Å². The lowest BCUT2D eigenvalue weighted by Gasteiger charge is -2.09. The van der Waals surface area contributed by atoms with E-state index in [-0.39, 0.29) is 5.56 Å². The van der Waals surface area contributed by atoms with Gasteiger partial charge < -0.3 is 9.84 Å². The third kappa shape index (κ3) is 3.54. The van der Waals surface area contributed by atoms with E-state index in [0.29, 0.717) is 12.4 Å². The molecule has 1 heterocycles. The van der Waals surface area contributed by atoms with Crippen LogP contribution < -0.4 is 4.74 Å². The van der Waals surface area contributed by atoms with E-state index in [1.807, 2.05) is 19.1 Å². The number of hydrogen-bond donors (Lipinski definition) is 1. The summed E-state index contributed by atoms with van der Waals surface area (Å²) in [4.78, 5) is 15.1. The number of aryl methyl sites for hydroxylation is 1. The molecule has 19 heavy (non-hydrogen) atoms. The second-order valence-corrected chi connectivity index (χ2v) is 4.96. The molecule has 0 amide bonds. The van der Waals surface area contributed by atoms with Gasteiger partial charge in [-0.2, -0.15) is 0 Å². The van der Waals surface area contributed by atoms with E-state index in [4.69, 9.17) is 9.84 Å². The molecule has 0 saturated carbocycles. The minimum Gasteiger partial charge on any atom is -0.487 e. The van der Waals surface area contributed by atoms with Crippen LogP contribution in [0.3, 0.4) is 0 Å². The number of carbonyl (C=O) groups is 1. The summed E-state index contributed by atoms with van der Waals surface area (Å²) in [5.41, 5.74) is 1.88. The van der Waals surface area contributed by atoms with E-state index in [1.54, 1.807) is 18.3 Å². The van der Waals surface area contributed by atoms with Gasteiger partial charge in [-0.25, -0.2) is 4.79 Å². The number of carboxylic acid groups (broad SMARTS) is 1. The van der Waals surface area contributed by atoms with E-state index >= 15 is 0 Å². The molecule has 1 aromatic heterocycles. The number of halogens is 1. The van der Waals surface area contributed by atoms with Crippen molar-refractivity contribution in [3.05, 3.63) is 57.8 Å². The maximum Gasteiger partial charge on any atom is 0.335 e. The van der Waals surface area contributed by atoms with Crippen LogP contribution in [0.5, 0.6) is 5.75 Å². The molecular formula is C14H12BrNO3. The van der Waals surface area contributed by atoms with E-state index in [1.165, 1.54) is 6.07 Å². The third-order valence-electron chi connectivity index (χ3n) is 2.60. The predicted molar refractivity (Wildman–Crippen MR) is 74.4 cm³/mol. The van der Waals surface area contributed by atoms with E-state index in [9.17, 15) is 4.79 Å². The molecule has 0 atom stereocenters. The summed E-state index contributed by atoms with van der Waals surface area (Å²) >= 11 is 3.31. The average Bonchev–Trinajstić information content (AvgIpc) is 2.39. The van der Waals surface area contributed by atoms with Gasteiger partial charge in [0.25, 0.3) is 0 Å². The van der Waals surface area contributed by atoms with Gasteiger partial charge in [0.15, 0.2) is 0 Å². The Hall–Kier alpha value is -1.88. The first kappa shape index (κ1) is 13.5. The van der Waals surface area contributed by atoms with Crippen LogP contribution in [0.4, 0.5) is 0 Å². The second-order valence-electron chi connectivity index (χ2n) is 4.04. The van der Waals surface area contributed by atoms with Crippen LogP contribution in [0.2, 0.25) is 0 Å². The first-order valence-corrected chi connectivity index (χ1v) is 6.43. The Labute approximate surface area is 119 Å². The van der Waals surface area contributed by atoms with E-state index in [2.05, 4.69) is 20.9 Å². The number of aromatic carboxylic acids is 1. The van der Waals surface area contributed by atoms with Gasteiger partial charge >= 0.3 is 5.97 Å². The minimum absolute atomic E-state index is 0.212. The van der Waals surface area contributed by atoms with Gasteiger partial charge in [-0.1, -0.05) is 6.07 Å². The molecule has 0 unspecified atom stereocenters. The average molecular weight is 322 g/mol. The van der Waals surface area contributed by atoms with Crippen molar-refractivity contribution >= 4 is 21.9 Å². The van der Waals surface area contributed by atoms with Crippen molar-refractivity contribution in [2.45, 2.75) is 13.5 Å². The van der Waals surface area contributed by atoms with Gasteiger partial charge in [-0.05, 0) is 52.7 Å². The maximum atomic E-state index is 10.9. The molecule has 1 N–H and O–H groups in total. The van der Waals surface area contributed by atoms with Crippen molar-refractivity contribution in [3.8, 4) is 5.75 Å². The van der Waals surface area contributed by atoms with Gasteiger partial charge in [0.05, 0.1) is 11.3 Å². The van der Waals surface area contributed by atoms with Crippen molar-refractivity contribution in [2.24, 2.45) is 0 Å². The largest absolute Gasteiger partial charge is 0.487 e. The summed E-state index contributed by atoms with van der Waals surface area (Å²) in [6.45, 7) is 2.17. The van der Waals surface area contributed by atoms with Gasteiger partial charge in [0, 0.05) is 10.7 Å². The van der Waals surface area contributed by atoms with Crippen molar-refractivity contribution < 1.29 is 14.6 Å². The smallest absolute Gasteiger partial charge is 0.335 e. The summed E-state index contributed by atoms with van der Waals surface area (Å²) in [6, 6.07) is 8.54. The third-order valence-corrected chi connectivity index (χ3v) is 3.07. The molecule has 2 aromatic rings. The lowest BCUT2D eigenvalue weighted by atomic mass is 10.1. The Kier molecular flexibility index (Phi) is 4.16. The molecule has 0 spiro atoms. The summed E-state index contributed by atoms with van der Waals surface area (Å²) < 4.78 is 6.52. The van der Waals surface area contributed by atoms with E-state index in [0.717, 1.165) is 15.7 Å². The minimum atomic E-state index is -0.966. The fourth-order valence-corrected chi connectivity index (χ4v) is 1.77. The van der Waals surface area contributed by atoms with E-state index < -0.39 is 5.97 Å². The SMILES string of the molecule is Cc1ccc(C(=O)O)cc1OCc1ccc(Br)cn1. The number of benzene rings is 1. The van der Waals surface area contributed by atoms with Gasteiger partial charge in [0.1, 0.15) is 12.4 Å². The van der Waals surface area contributed by atoms with Crippen molar-refractivity contribution in [3.63, 3.8) is 0 Å². The molecule has 0 aliphatic carbocycles. The second kappa shape index (κ2) is 5.84. The van der Waals surface area contributed by atoms with Crippen molar-refractivity contribution in [1.29, 1.82) is 0 Å². The molecule has 4 nitrogen and oxygen atoms in total. The number of aromatic nitrogens is 1. The number of rotatable bonds is 4. The Morgan fingerprint density at radius 2 is 2.16 bits per heavy atom. The zero-order valence-electron chi connectivity index (χ0n) is 10.3. The van der Waals surface area contributed by atoms with Crippen LogP contribution in [0.15, 0.2) is 41.0 Å². The molecular weight excluding hydrogens is 310 g/mol. The standard InChI is InChI=1S/C14H12BrNO3/c1-9-2-3-10(14(17)18)6-13(9)19-8-12-5-4-11(15)7-16-12/h2-7H,8H2,1H3,(H,17,18). The Balaban J connectivity index is 2.12. The summed E-state index contributed by atoms with van der Waals surface area (Å²) in [5.74, 6) is -0.406. The highest BCUT2D eigenvalue weighted by molar-refractivity contribution is 9.10. The zero-order chi connectivity index (χ0) is 13.8. The Morgan fingerprint density at radius 3 is 2.79 bits per heavy atom. The first-order chi connectivity index (χ1) is 9.06. The number of nitrogens with zero attached hydrogens (tertiary/aromatic N) is 1. The molecule has 0 aliphatic rings. The highest BCUT2D eigenvalue weighted by atomic mass is 79.9. The number of ether oxygens (including phenoxy) is 1. The van der Waals surface area contributed by atoms with Crippen LogP contribution in [0.1, 0.15) is 21.6 Å². The summed E-state index contributed by atoms with van der Waals surface area (Å²) in [6.07, 6.45) is 1.69. The Morgan fingerprint density at radius 1 is 1.37 bits per heavy atom. The normalized spacial score (nSPS) is 10.2. The Bertz CT molecular complexity index is 596. The van der Waals surface area contributed by atoms with Gasteiger partial charge in [0.2, 0.25) is 0 Å². The van der Waals surface area contributed by atoms with Crippen molar-refractivity contribution in [2.75, 3.05) is 0 Å². The molecule has 98 valence electrons. The van der Waals surface area contributed by atoms with Crippen LogP contribution in [0.25, 0.3) is 0 Å². The molecule has 0 bridgehead atoms.